The number of cyclic esters (lactones) is 2. The number of nitrogens with zero attached hydrogens (tertiary/aromatic N) is 13. The summed E-state index contributed by atoms with van der Waals surface area (Å²) >= 11 is 0. The number of carboxylic acid groups (broad SMARTS) is 1. The van der Waals surface area contributed by atoms with E-state index in [1.165, 1.54) is 21.9 Å². The minimum absolute atomic E-state index is 0.117. The molecule has 24 heteroatoms. The van der Waals surface area contributed by atoms with E-state index < -0.39 is 47.9 Å². The summed E-state index contributed by atoms with van der Waals surface area (Å²) in [4.78, 5) is 60.5. The highest BCUT2D eigenvalue weighted by Gasteiger charge is 2.35. The summed E-state index contributed by atoms with van der Waals surface area (Å²) < 4.78 is 44.0. The summed E-state index contributed by atoms with van der Waals surface area (Å²) in [7, 11) is 3.81. The molecule has 1 unspecified atom stereocenters. The van der Waals surface area contributed by atoms with Crippen LogP contribution in [0.1, 0.15) is 37.1 Å². The molecular formula is C48H49F2N13O9. The average molecular weight is 990 g/mol. The van der Waals surface area contributed by atoms with E-state index in [-0.39, 0.29) is 31.9 Å². The predicted molar refractivity (Wildman–Crippen MR) is 253 cm³/mol. The standard InChI is InChI=1S/C27H30FN7O5.C21H19FN6O4/c1-33(2)9-7-17(26(36)37)11-20-13-25(31-40-20)24-6-3-18(14-29-24)22-5-4-19(12-23(22)28)35-16-21(39-27(35)38)15-34-10-8-30-32-34;22-18-7-14(28-11-16(31-21(28)30)10-27-6-5-24-26-27)2-3-17(18)13-1-4-19(23-9-13)20-8-15(12-29)32-25-20/h3-6,8,10,12,14,17,20-21H,7,9,11,13,15-16H2,1-2H3,(H,36,37);1-7,9,15-16,29H,8,10-12H2/t17?,20-,21-;15-,16-/m00/s1. The van der Waals surface area contributed by atoms with Crippen LogP contribution in [0.3, 0.4) is 0 Å². The van der Waals surface area contributed by atoms with Crippen molar-refractivity contribution in [2.24, 2.45) is 16.2 Å². The maximum Gasteiger partial charge on any atom is 0.414 e. The molecule has 0 spiro atoms. The fraction of sp³-hybridized carbons (Fsp3) is 0.354. The van der Waals surface area contributed by atoms with Crippen molar-refractivity contribution < 1.29 is 52.5 Å². The van der Waals surface area contributed by atoms with Gasteiger partial charge in [-0.15, -0.1) is 10.2 Å². The lowest BCUT2D eigenvalue weighted by Gasteiger charge is -2.17. The number of carbonyl (C=O) groups is 3. The number of hydrogen-bond acceptors (Lipinski definition) is 17. The number of aliphatic hydroxyl groups excluding tert-OH is 1. The van der Waals surface area contributed by atoms with Gasteiger partial charge in [0.05, 0.1) is 73.9 Å². The van der Waals surface area contributed by atoms with E-state index >= 15 is 4.39 Å². The van der Waals surface area contributed by atoms with E-state index in [1.807, 2.05) is 19.0 Å². The van der Waals surface area contributed by atoms with E-state index in [4.69, 9.17) is 24.3 Å². The second-order valence-corrected chi connectivity index (χ2v) is 17.7. The number of hydrogen-bond donors (Lipinski definition) is 2. The summed E-state index contributed by atoms with van der Waals surface area (Å²) in [6, 6.07) is 16.1. The van der Waals surface area contributed by atoms with Gasteiger partial charge in [-0.1, -0.05) is 32.9 Å². The molecule has 5 atom stereocenters. The fourth-order valence-electron chi connectivity index (χ4n) is 8.45. The topological polar surface area (TPSA) is 250 Å². The molecule has 2 saturated heterocycles. The Bertz CT molecular complexity index is 2930. The zero-order valence-corrected chi connectivity index (χ0v) is 39.0. The second-order valence-electron chi connectivity index (χ2n) is 17.7. The van der Waals surface area contributed by atoms with Crippen molar-refractivity contribution in [3.8, 4) is 22.3 Å². The molecule has 2 amide bonds. The van der Waals surface area contributed by atoms with Crippen molar-refractivity contribution in [3.05, 3.63) is 121 Å². The zero-order chi connectivity index (χ0) is 50.3. The van der Waals surface area contributed by atoms with Crippen LogP contribution in [0.25, 0.3) is 22.3 Å². The molecule has 374 valence electrons. The Kier molecular flexibility index (Phi) is 14.8. The average Bonchev–Trinajstić information content (AvgIpc) is 4.25. The Morgan fingerprint density at radius 1 is 0.722 bits per heavy atom. The zero-order valence-electron chi connectivity index (χ0n) is 39.0. The number of pyridine rings is 2. The van der Waals surface area contributed by atoms with Crippen LogP contribution in [0, 0.1) is 17.6 Å². The lowest BCUT2D eigenvalue weighted by atomic mass is 9.95. The SMILES string of the molecule is CN(C)CCC(C[C@H]1CC(c2ccc(-c3ccc(N4C[C@H](Cn5ccnn5)OC4=O)cc3F)cn2)=NO1)C(=O)O.O=C1O[C@@H](Cn2ccnn2)CN1c1ccc(-c2ccc(C3=NO[C@H](CO)C3)nc2)c(F)c1. The summed E-state index contributed by atoms with van der Waals surface area (Å²) in [5, 5.41) is 42.0. The van der Waals surface area contributed by atoms with Crippen LogP contribution in [0.15, 0.2) is 108 Å². The highest BCUT2D eigenvalue weighted by molar-refractivity contribution is 6.00. The monoisotopic (exact) mass is 989 g/mol. The number of aromatic nitrogens is 8. The van der Waals surface area contributed by atoms with Crippen LogP contribution in [0.5, 0.6) is 0 Å². The largest absolute Gasteiger partial charge is 0.481 e. The van der Waals surface area contributed by atoms with Gasteiger partial charge in [0, 0.05) is 66.3 Å². The molecular weight excluding hydrogens is 941 g/mol. The van der Waals surface area contributed by atoms with Crippen molar-refractivity contribution in [2.45, 2.75) is 63.2 Å². The third-order valence-electron chi connectivity index (χ3n) is 12.2. The minimum Gasteiger partial charge on any atom is -0.481 e. The van der Waals surface area contributed by atoms with Gasteiger partial charge in [-0.2, -0.15) is 0 Å². The van der Waals surface area contributed by atoms with Gasteiger partial charge in [-0.05, 0) is 75.6 Å². The van der Waals surface area contributed by atoms with Crippen molar-refractivity contribution in [1.29, 1.82) is 0 Å². The Hall–Kier alpha value is -8.25. The van der Waals surface area contributed by atoms with E-state index in [0.29, 0.717) is 102 Å². The van der Waals surface area contributed by atoms with Crippen molar-refractivity contribution in [3.63, 3.8) is 0 Å². The molecule has 0 aliphatic carbocycles. The number of halogens is 2. The normalized spacial score (nSPS) is 19.8. The molecule has 4 aliphatic heterocycles. The van der Waals surface area contributed by atoms with Crippen LogP contribution >= 0.6 is 0 Å². The molecule has 0 saturated carbocycles. The molecule has 4 aromatic heterocycles. The highest BCUT2D eigenvalue weighted by atomic mass is 19.1. The van der Waals surface area contributed by atoms with Crippen LogP contribution < -0.4 is 9.80 Å². The first-order valence-corrected chi connectivity index (χ1v) is 23.0. The van der Waals surface area contributed by atoms with Crippen LogP contribution in [0.4, 0.5) is 29.7 Å². The quantitative estimate of drug-likeness (QED) is 0.122. The number of carbonyl (C=O) groups excluding carboxylic acids is 2. The Morgan fingerprint density at radius 3 is 1.62 bits per heavy atom. The molecule has 0 bridgehead atoms. The number of aliphatic carboxylic acids is 1. The molecule has 2 fully saturated rings. The Labute approximate surface area is 410 Å². The van der Waals surface area contributed by atoms with E-state index in [2.05, 4.69) is 40.9 Å². The molecule has 6 aromatic rings. The van der Waals surface area contributed by atoms with E-state index in [9.17, 15) is 23.9 Å². The molecule has 10 rings (SSSR count). The molecule has 72 heavy (non-hydrogen) atoms. The van der Waals surface area contributed by atoms with Gasteiger partial charge in [0.25, 0.3) is 0 Å². The van der Waals surface area contributed by atoms with E-state index in [0.717, 1.165) is 0 Å². The smallest absolute Gasteiger partial charge is 0.414 e. The first kappa shape index (κ1) is 48.8. The van der Waals surface area contributed by atoms with Gasteiger partial charge in [-0.3, -0.25) is 24.6 Å². The number of benzene rings is 2. The fourth-order valence-corrected chi connectivity index (χ4v) is 8.45. The molecule has 2 N–H and O–H groups in total. The van der Waals surface area contributed by atoms with Crippen molar-refractivity contribution in [1.82, 2.24) is 44.9 Å². The minimum atomic E-state index is -0.845. The summed E-state index contributed by atoms with van der Waals surface area (Å²) in [5.41, 5.74) is 5.11. The second kappa shape index (κ2) is 21.8. The molecule has 2 aromatic carbocycles. The number of rotatable bonds is 17. The summed E-state index contributed by atoms with van der Waals surface area (Å²) in [6.07, 6.45) is 8.75. The number of ether oxygens (including phenoxy) is 2. The third-order valence-corrected chi connectivity index (χ3v) is 12.2. The Morgan fingerprint density at radius 2 is 1.22 bits per heavy atom. The Balaban J connectivity index is 0.000000182. The first-order chi connectivity index (χ1) is 34.9. The number of aliphatic hydroxyl groups is 1. The van der Waals surface area contributed by atoms with Gasteiger partial charge in [0.1, 0.15) is 41.4 Å². The number of amides is 2. The lowest BCUT2D eigenvalue weighted by Crippen LogP contribution is -2.26. The predicted octanol–water partition coefficient (Wildman–Crippen LogP) is 5.03. The molecule has 0 radical (unpaired) electrons. The maximum atomic E-state index is 15.1. The molecule has 8 heterocycles. The van der Waals surface area contributed by atoms with E-state index in [1.54, 1.807) is 95.1 Å². The number of anilines is 2. The van der Waals surface area contributed by atoms with Crippen molar-refractivity contribution in [2.75, 3.05) is 50.1 Å². The van der Waals surface area contributed by atoms with Crippen LogP contribution in [-0.4, -0.2) is 149 Å². The van der Waals surface area contributed by atoms with Gasteiger partial charge >= 0.3 is 18.2 Å². The van der Waals surface area contributed by atoms with Gasteiger partial charge in [0.2, 0.25) is 0 Å². The number of carboxylic acids is 1. The summed E-state index contributed by atoms with van der Waals surface area (Å²) in [6.45, 7) is 1.83. The summed E-state index contributed by atoms with van der Waals surface area (Å²) in [5.74, 6) is -2.35. The lowest BCUT2D eigenvalue weighted by molar-refractivity contribution is -0.143. The number of oxime groups is 2. The van der Waals surface area contributed by atoms with Gasteiger partial charge in [-0.25, -0.2) is 27.7 Å². The van der Waals surface area contributed by atoms with Crippen LogP contribution in [-0.2, 0) is 37.0 Å². The van der Waals surface area contributed by atoms with Crippen molar-refractivity contribution >= 4 is 41.0 Å². The maximum absolute atomic E-state index is 15.1. The van der Waals surface area contributed by atoms with Crippen LogP contribution in [0.2, 0.25) is 0 Å². The van der Waals surface area contributed by atoms with Gasteiger partial charge in [0.15, 0.2) is 6.10 Å². The highest BCUT2D eigenvalue weighted by Crippen LogP contribution is 2.32. The molecule has 22 nitrogen and oxygen atoms in total. The first-order valence-electron chi connectivity index (χ1n) is 23.0. The third kappa shape index (κ3) is 11.5. The van der Waals surface area contributed by atoms with Gasteiger partial charge < -0.3 is 34.3 Å². The molecule has 4 aliphatic rings.